The van der Waals surface area contributed by atoms with Gasteiger partial charge >= 0.3 is 6.09 Å². The van der Waals surface area contributed by atoms with Crippen LogP contribution in [0.2, 0.25) is 0 Å². The number of tetrazole rings is 1. The normalized spacial score (nSPS) is 17.8. The third kappa shape index (κ3) is 7.83. The van der Waals surface area contributed by atoms with Gasteiger partial charge in [-0.15, -0.1) is 10.2 Å². The second-order valence-corrected chi connectivity index (χ2v) is 13.2. The van der Waals surface area contributed by atoms with E-state index in [4.69, 9.17) is 14.1 Å². The summed E-state index contributed by atoms with van der Waals surface area (Å²) in [6.45, 7) is 17.1. The lowest BCUT2D eigenvalue weighted by Gasteiger charge is -2.42. The number of hydrogen-bond acceptors (Lipinski definition) is 10. The first-order chi connectivity index (χ1) is 19.7. The van der Waals surface area contributed by atoms with E-state index in [1.807, 2.05) is 58.6 Å². The SMILES string of the molecule is CC(C)CN(C(=O)c1cnc(C(C)(C)C)nc1NCc1ccco1)C1C[C@@H](c2nn[nH]n2)CN(C(=O)OC(C)(C)C)C1. The maximum atomic E-state index is 14.4. The number of anilines is 1. The monoisotopic (exact) mass is 581 g/mol. The zero-order chi connectivity index (χ0) is 30.7. The molecule has 13 heteroatoms. The Morgan fingerprint density at radius 3 is 2.57 bits per heavy atom. The van der Waals surface area contributed by atoms with Gasteiger partial charge < -0.3 is 24.3 Å². The van der Waals surface area contributed by atoms with Gasteiger partial charge in [0.2, 0.25) is 0 Å². The van der Waals surface area contributed by atoms with E-state index in [0.29, 0.717) is 61.4 Å². The Morgan fingerprint density at radius 1 is 1.21 bits per heavy atom. The predicted molar refractivity (Wildman–Crippen MR) is 156 cm³/mol. The van der Waals surface area contributed by atoms with Gasteiger partial charge in [0.1, 0.15) is 28.6 Å². The summed E-state index contributed by atoms with van der Waals surface area (Å²) in [6.07, 6.45) is 3.30. The van der Waals surface area contributed by atoms with E-state index in [2.05, 4.69) is 44.8 Å². The summed E-state index contributed by atoms with van der Waals surface area (Å²) in [5.74, 6) is 1.93. The quantitative estimate of drug-likeness (QED) is 0.391. The molecule has 1 aliphatic rings. The molecule has 1 fully saturated rings. The van der Waals surface area contributed by atoms with Crippen LogP contribution in [0.4, 0.5) is 10.6 Å². The van der Waals surface area contributed by atoms with Gasteiger partial charge in [-0.1, -0.05) is 39.8 Å². The van der Waals surface area contributed by atoms with Crippen molar-refractivity contribution in [3.63, 3.8) is 0 Å². The van der Waals surface area contributed by atoms with Crippen LogP contribution >= 0.6 is 0 Å². The molecule has 1 aliphatic heterocycles. The fraction of sp³-hybridized carbons (Fsp3) is 0.621. The lowest BCUT2D eigenvalue weighted by atomic mass is 9.91. The number of aromatic nitrogens is 6. The van der Waals surface area contributed by atoms with Crippen molar-refractivity contribution in [2.75, 3.05) is 25.0 Å². The summed E-state index contributed by atoms with van der Waals surface area (Å²) in [7, 11) is 0. The highest BCUT2D eigenvalue weighted by molar-refractivity contribution is 5.98. The minimum absolute atomic E-state index is 0.156. The molecule has 228 valence electrons. The van der Waals surface area contributed by atoms with E-state index in [1.54, 1.807) is 17.4 Å². The Kier molecular flexibility index (Phi) is 9.17. The predicted octanol–water partition coefficient (Wildman–Crippen LogP) is 4.38. The van der Waals surface area contributed by atoms with Crippen LogP contribution in [0, 0.1) is 5.92 Å². The molecule has 1 unspecified atom stereocenters. The number of rotatable bonds is 8. The van der Waals surface area contributed by atoms with Gasteiger partial charge in [-0.3, -0.25) is 4.79 Å². The summed E-state index contributed by atoms with van der Waals surface area (Å²) in [6, 6.07) is 3.33. The van der Waals surface area contributed by atoms with Crippen molar-refractivity contribution in [2.45, 2.75) is 91.3 Å². The average molecular weight is 582 g/mol. The van der Waals surface area contributed by atoms with Crippen molar-refractivity contribution in [3.8, 4) is 0 Å². The minimum atomic E-state index is -0.667. The number of aromatic amines is 1. The number of amides is 2. The molecule has 2 amide bonds. The third-order valence-electron chi connectivity index (χ3n) is 6.77. The van der Waals surface area contributed by atoms with Crippen LogP contribution in [0.25, 0.3) is 0 Å². The van der Waals surface area contributed by atoms with Gasteiger partial charge in [-0.2, -0.15) is 5.21 Å². The van der Waals surface area contributed by atoms with E-state index in [1.165, 1.54) is 0 Å². The molecule has 3 aromatic rings. The van der Waals surface area contributed by atoms with Crippen molar-refractivity contribution < 1.29 is 18.7 Å². The second kappa shape index (κ2) is 12.5. The zero-order valence-electron chi connectivity index (χ0n) is 25.8. The van der Waals surface area contributed by atoms with Gasteiger partial charge in [-0.05, 0) is 45.2 Å². The highest BCUT2D eigenvalue weighted by atomic mass is 16.6. The number of carbonyl (C=O) groups is 2. The third-order valence-corrected chi connectivity index (χ3v) is 6.77. The number of H-pyrrole nitrogens is 1. The number of nitrogens with one attached hydrogen (secondary N) is 2. The van der Waals surface area contributed by atoms with Gasteiger partial charge in [0, 0.05) is 37.2 Å². The van der Waals surface area contributed by atoms with Crippen LogP contribution in [-0.4, -0.2) is 83.7 Å². The minimum Gasteiger partial charge on any atom is -0.467 e. The summed E-state index contributed by atoms with van der Waals surface area (Å²) < 4.78 is 11.2. The molecule has 0 aliphatic carbocycles. The molecular weight excluding hydrogens is 538 g/mol. The number of nitrogens with zero attached hydrogens (tertiary/aromatic N) is 7. The molecule has 0 radical (unpaired) electrons. The van der Waals surface area contributed by atoms with Crippen molar-refractivity contribution in [1.29, 1.82) is 0 Å². The number of piperidine rings is 1. The Hall–Kier alpha value is -4.03. The number of carbonyl (C=O) groups excluding carboxylic acids is 2. The van der Waals surface area contributed by atoms with Crippen molar-refractivity contribution in [3.05, 3.63) is 47.6 Å². The molecule has 0 aromatic carbocycles. The average Bonchev–Trinajstić information content (AvgIpc) is 3.63. The molecule has 0 saturated carbocycles. The Morgan fingerprint density at radius 2 is 1.98 bits per heavy atom. The molecule has 1 saturated heterocycles. The first-order valence-corrected chi connectivity index (χ1v) is 14.4. The van der Waals surface area contributed by atoms with Gasteiger partial charge in [-0.25, -0.2) is 14.8 Å². The molecule has 2 atom stereocenters. The zero-order valence-corrected chi connectivity index (χ0v) is 25.8. The molecule has 4 heterocycles. The fourth-order valence-electron chi connectivity index (χ4n) is 4.87. The van der Waals surface area contributed by atoms with Crippen LogP contribution in [0.1, 0.15) is 95.5 Å². The van der Waals surface area contributed by atoms with E-state index in [0.717, 1.165) is 0 Å². The van der Waals surface area contributed by atoms with Gasteiger partial charge in [0.05, 0.1) is 18.8 Å². The topological polar surface area (TPSA) is 155 Å². The summed E-state index contributed by atoms with van der Waals surface area (Å²) in [4.78, 5) is 40.5. The molecule has 0 spiro atoms. The molecule has 42 heavy (non-hydrogen) atoms. The second-order valence-electron chi connectivity index (χ2n) is 13.2. The number of likely N-dealkylation sites (tertiary alicyclic amines) is 1. The van der Waals surface area contributed by atoms with Crippen molar-refractivity contribution in [2.24, 2.45) is 5.92 Å². The van der Waals surface area contributed by atoms with E-state index < -0.39 is 11.7 Å². The van der Waals surface area contributed by atoms with Crippen LogP contribution in [0.5, 0.6) is 0 Å². The fourth-order valence-corrected chi connectivity index (χ4v) is 4.87. The number of furan rings is 1. The van der Waals surface area contributed by atoms with Crippen LogP contribution < -0.4 is 5.32 Å². The highest BCUT2D eigenvalue weighted by Gasteiger charge is 2.40. The van der Waals surface area contributed by atoms with E-state index >= 15 is 0 Å². The first kappa shape index (κ1) is 30.9. The molecule has 13 nitrogen and oxygen atoms in total. The highest BCUT2D eigenvalue weighted by Crippen LogP contribution is 2.31. The van der Waals surface area contributed by atoms with E-state index in [9.17, 15) is 9.59 Å². The largest absolute Gasteiger partial charge is 0.467 e. The Balaban J connectivity index is 1.69. The number of hydrogen-bond donors (Lipinski definition) is 2. The summed E-state index contributed by atoms with van der Waals surface area (Å²) in [5, 5.41) is 17.9. The molecular formula is C29H43N9O4. The van der Waals surface area contributed by atoms with Crippen LogP contribution in [0.15, 0.2) is 29.0 Å². The Labute approximate surface area is 246 Å². The smallest absolute Gasteiger partial charge is 0.410 e. The lowest BCUT2D eigenvalue weighted by molar-refractivity contribution is 0.00605. The summed E-state index contributed by atoms with van der Waals surface area (Å²) in [5.41, 5.74) is -0.643. The van der Waals surface area contributed by atoms with Gasteiger partial charge in [0.25, 0.3) is 5.91 Å². The summed E-state index contributed by atoms with van der Waals surface area (Å²) >= 11 is 0. The van der Waals surface area contributed by atoms with Crippen molar-refractivity contribution in [1.82, 2.24) is 40.4 Å². The molecule has 3 aromatic heterocycles. The Bertz CT molecular complexity index is 1330. The van der Waals surface area contributed by atoms with Gasteiger partial charge in [0.15, 0.2) is 5.82 Å². The standard InChI is InChI=1S/C29H43N9O4/c1-18(2)15-38(20-12-19(23-33-35-36-34-23)16-37(17-20)27(40)42-29(6,7)8)25(39)22-14-31-26(28(3,4)5)32-24(22)30-13-21-10-9-11-41-21/h9-11,14,18-20H,12-13,15-17H2,1-8H3,(H,30,31,32)(H,33,34,35,36)/t19-,20?/m1/s1. The maximum Gasteiger partial charge on any atom is 0.410 e. The van der Waals surface area contributed by atoms with E-state index in [-0.39, 0.29) is 29.2 Å². The molecule has 2 N–H and O–H groups in total. The molecule has 0 bridgehead atoms. The van der Waals surface area contributed by atoms with Crippen LogP contribution in [-0.2, 0) is 16.7 Å². The maximum absolute atomic E-state index is 14.4. The first-order valence-electron chi connectivity index (χ1n) is 14.4. The lowest BCUT2D eigenvalue weighted by Crippen LogP contribution is -2.55. The van der Waals surface area contributed by atoms with Crippen molar-refractivity contribution >= 4 is 17.8 Å². The molecule has 4 rings (SSSR count). The van der Waals surface area contributed by atoms with Crippen LogP contribution in [0.3, 0.4) is 0 Å². The number of ether oxygens (including phenoxy) is 1.